The van der Waals surface area contributed by atoms with Crippen molar-refractivity contribution in [2.45, 2.75) is 39.2 Å². The molecule has 6 nitrogen and oxygen atoms in total. The van der Waals surface area contributed by atoms with Crippen molar-refractivity contribution in [3.63, 3.8) is 0 Å². The molecule has 0 aliphatic heterocycles. The number of nitriles is 1. The number of esters is 1. The third-order valence-corrected chi connectivity index (χ3v) is 4.59. The third kappa shape index (κ3) is 6.71. The predicted octanol–water partition coefficient (Wildman–Crippen LogP) is 4.72. The number of hydrogen-bond donors (Lipinski definition) is 0. The van der Waals surface area contributed by atoms with Crippen LogP contribution in [0.4, 0.5) is 0 Å². The normalized spacial score (nSPS) is 12.1. The summed E-state index contributed by atoms with van der Waals surface area (Å²) in [6.07, 6.45) is 1.89. The first kappa shape index (κ1) is 23.7. The Hall–Kier alpha value is -3.59. The van der Waals surface area contributed by atoms with Crippen LogP contribution in [0.5, 0.6) is 11.5 Å². The van der Waals surface area contributed by atoms with E-state index in [1.165, 1.54) is 13.2 Å². The first-order valence-electron chi connectivity index (χ1n) is 9.87. The van der Waals surface area contributed by atoms with Gasteiger partial charge in [-0.25, -0.2) is 4.79 Å². The number of benzene rings is 2. The van der Waals surface area contributed by atoms with Gasteiger partial charge >= 0.3 is 5.97 Å². The van der Waals surface area contributed by atoms with Gasteiger partial charge in [0.15, 0.2) is 24.2 Å². The zero-order chi connectivity index (χ0) is 23.0. The summed E-state index contributed by atoms with van der Waals surface area (Å²) in [7, 11) is 1.48. The Balaban J connectivity index is 2.00. The number of rotatable bonds is 8. The first-order chi connectivity index (χ1) is 14.7. The van der Waals surface area contributed by atoms with E-state index in [-0.39, 0.29) is 17.8 Å². The van der Waals surface area contributed by atoms with E-state index in [2.05, 4.69) is 20.8 Å². The highest BCUT2D eigenvalue weighted by Crippen LogP contribution is 2.28. The Bertz CT molecular complexity index is 994. The Kier molecular flexibility index (Phi) is 7.98. The fourth-order valence-electron chi connectivity index (χ4n) is 2.82. The molecule has 162 valence electrons. The van der Waals surface area contributed by atoms with Crippen LogP contribution < -0.4 is 9.47 Å². The smallest absolute Gasteiger partial charge is 0.331 e. The van der Waals surface area contributed by atoms with E-state index in [0.29, 0.717) is 22.6 Å². The van der Waals surface area contributed by atoms with E-state index >= 15 is 0 Å². The number of hydrogen-bond acceptors (Lipinski definition) is 6. The Morgan fingerprint density at radius 1 is 1.10 bits per heavy atom. The summed E-state index contributed by atoms with van der Waals surface area (Å²) in [6, 6.07) is 14.3. The van der Waals surface area contributed by atoms with Crippen LogP contribution in [0.15, 0.2) is 48.5 Å². The van der Waals surface area contributed by atoms with E-state index < -0.39 is 12.1 Å². The van der Waals surface area contributed by atoms with Gasteiger partial charge in [-0.3, -0.25) is 4.79 Å². The molecule has 0 heterocycles. The number of ketones is 1. The maximum atomic E-state index is 12.6. The summed E-state index contributed by atoms with van der Waals surface area (Å²) in [4.78, 5) is 24.7. The van der Waals surface area contributed by atoms with Crippen molar-refractivity contribution < 1.29 is 23.8 Å². The van der Waals surface area contributed by atoms with Crippen LogP contribution in [-0.2, 0) is 14.9 Å². The second kappa shape index (κ2) is 10.4. The van der Waals surface area contributed by atoms with Crippen molar-refractivity contribution in [1.29, 1.82) is 5.26 Å². The summed E-state index contributed by atoms with van der Waals surface area (Å²) in [5.74, 6) is -0.0210. The molecule has 0 spiro atoms. The molecule has 0 saturated heterocycles. The van der Waals surface area contributed by atoms with Crippen LogP contribution >= 0.6 is 0 Å². The molecule has 0 aromatic heterocycles. The van der Waals surface area contributed by atoms with Gasteiger partial charge in [0.25, 0.3) is 0 Å². The van der Waals surface area contributed by atoms with Gasteiger partial charge in [-0.1, -0.05) is 51.1 Å². The van der Waals surface area contributed by atoms with Crippen molar-refractivity contribution in [2.24, 2.45) is 0 Å². The lowest BCUT2D eigenvalue weighted by atomic mass is 9.86. The molecule has 0 saturated carbocycles. The van der Waals surface area contributed by atoms with Gasteiger partial charge in [-0.05, 0) is 41.7 Å². The van der Waals surface area contributed by atoms with E-state index in [4.69, 9.17) is 19.5 Å². The molecule has 0 bridgehead atoms. The molecular weight excluding hydrogens is 394 g/mol. The highest BCUT2D eigenvalue weighted by Gasteiger charge is 2.20. The molecule has 2 aromatic rings. The predicted molar refractivity (Wildman–Crippen MR) is 118 cm³/mol. The van der Waals surface area contributed by atoms with Crippen LogP contribution in [0, 0.1) is 11.3 Å². The number of methoxy groups -OCH3 is 1. The van der Waals surface area contributed by atoms with Crippen LogP contribution in [0.1, 0.15) is 49.2 Å². The standard InChI is InChI=1S/C25H27NO5/c1-17(24(28)19-8-10-20(11-9-19)25(2,3)4)31-23(27)13-7-18-6-12-21(30-15-14-26)22(16-18)29-5/h6-13,16-17H,15H2,1-5H3/b13-7+/t17-/m1/s1. The van der Waals surface area contributed by atoms with Gasteiger partial charge in [-0.2, -0.15) is 5.26 Å². The SMILES string of the molecule is COc1cc(/C=C/C(=O)O[C@H](C)C(=O)c2ccc(C(C)(C)C)cc2)ccc1OCC#N. The highest BCUT2D eigenvalue weighted by atomic mass is 16.5. The van der Waals surface area contributed by atoms with Crippen LogP contribution in [-0.4, -0.2) is 31.6 Å². The molecule has 0 radical (unpaired) electrons. The van der Waals surface area contributed by atoms with Crippen LogP contribution in [0.2, 0.25) is 0 Å². The molecule has 0 N–H and O–H groups in total. The van der Waals surface area contributed by atoms with Gasteiger partial charge in [0.05, 0.1) is 7.11 Å². The lowest BCUT2D eigenvalue weighted by molar-refractivity contribution is -0.140. The topological polar surface area (TPSA) is 85.6 Å². The average molecular weight is 421 g/mol. The van der Waals surface area contributed by atoms with Gasteiger partial charge < -0.3 is 14.2 Å². The minimum Gasteiger partial charge on any atom is -0.493 e. The zero-order valence-electron chi connectivity index (χ0n) is 18.5. The molecule has 1 atom stereocenters. The molecule has 6 heteroatoms. The maximum absolute atomic E-state index is 12.6. The Morgan fingerprint density at radius 3 is 2.35 bits per heavy atom. The molecule has 2 rings (SSSR count). The van der Waals surface area contributed by atoms with Crippen molar-refractivity contribution >= 4 is 17.8 Å². The molecule has 0 unspecified atom stereocenters. The van der Waals surface area contributed by atoms with E-state index in [9.17, 15) is 9.59 Å². The number of Topliss-reactive ketones (excluding diaryl/α,β-unsaturated/α-hetero) is 1. The number of carbonyl (C=O) groups is 2. The van der Waals surface area contributed by atoms with Crippen molar-refractivity contribution in [3.8, 4) is 17.6 Å². The molecular formula is C25H27NO5. The van der Waals surface area contributed by atoms with Crippen LogP contribution in [0.3, 0.4) is 0 Å². The summed E-state index contributed by atoms with van der Waals surface area (Å²) in [5.41, 5.74) is 2.29. The molecule has 0 amide bonds. The van der Waals surface area contributed by atoms with Gasteiger partial charge in [0.2, 0.25) is 5.78 Å². The highest BCUT2D eigenvalue weighted by molar-refractivity contribution is 6.01. The first-order valence-corrected chi connectivity index (χ1v) is 9.87. The molecule has 31 heavy (non-hydrogen) atoms. The molecule has 0 fully saturated rings. The molecule has 2 aromatic carbocycles. The number of carbonyl (C=O) groups excluding carboxylic acids is 2. The van der Waals surface area contributed by atoms with Gasteiger partial charge in [0.1, 0.15) is 6.07 Å². The lowest BCUT2D eigenvalue weighted by Gasteiger charge is -2.19. The summed E-state index contributed by atoms with van der Waals surface area (Å²) < 4.78 is 15.8. The van der Waals surface area contributed by atoms with Crippen LogP contribution in [0.25, 0.3) is 6.08 Å². The van der Waals surface area contributed by atoms with E-state index in [1.807, 2.05) is 18.2 Å². The fraction of sp³-hybridized carbons (Fsp3) is 0.320. The third-order valence-electron chi connectivity index (χ3n) is 4.59. The minimum atomic E-state index is -0.908. The lowest BCUT2D eigenvalue weighted by Crippen LogP contribution is -2.23. The fourth-order valence-corrected chi connectivity index (χ4v) is 2.82. The minimum absolute atomic E-state index is 0.00676. The molecule has 0 aliphatic carbocycles. The van der Waals surface area contributed by atoms with Gasteiger partial charge in [-0.15, -0.1) is 0 Å². The zero-order valence-corrected chi connectivity index (χ0v) is 18.5. The summed E-state index contributed by atoms with van der Waals surface area (Å²) in [6.45, 7) is 7.76. The Labute approximate surface area is 183 Å². The van der Waals surface area contributed by atoms with E-state index in [0.717, 1.165) is 5.56 Å². The number of ether oxygens (including phenoxy) is 3. The van der Waals surface area contributed by atoms with Gasteiger partial charge in [0, 0.05) is 11.6 Å². The Morgan fingerprint density at radius 2 is 1.77 bits per heavy atom. The van der Waals surface area contributed by atoms with Crippen molar-refractivity contribution in [3.05, 3.63) is 65.2 Å². The van der Waals surface area contributed by atoms with Crippen molar-refractivity contribution in [2.75, 3.05) is 13.7 Å². The maximum Gasteiger partial charge on any atom is 0.331 e. The number of nitrogens with zero attached hydrogens (tertiary/aromatic N) is 1. The van der Waals surface area contributed by atoms with Crippen molar-refractivity contribution in [1.82, 2.24) is 0 Å². The van der Waals surface area contributed by atoms with E-state index in [1.54, 1.807) is 43.3 Å². The quantitative estimate of drug-likeness (QED) is 0.348. The second-order valence-corrected chi connectivity index (χ2v) is 7.96. The summed E-state index contributed by atoms with van der Waals surface area (Å²) in [5, 5.41) is 8.62. The largest absolute Gasteiger partial charge is 0.493 e. The molecule has 0 aliphatic rings. The second-order valence-electron chi connectivity index (χ2n) is 7.96. The summed E-state index contributed by atoms with van der Waals surface area (Å²) >= 11 is 0. The monoisotopic (exact) mass is 421 g/mol. The average Bonchev–Trinajstić information content (AvgIpc) is 2.75.